The Labute approximate surface area is 90.7 Å². The number of terminal acetylenes is 1. The summed E-state index contributed by atoms with van der Waals surface area (Å²) < 4.78 is 5.18. The van der Waals surface area contributed by atoms with Gasteiger partial charge in [-0.15, -0.1) is 6.42 Å². The Morgan fingerprint density at radius 3 is 2.60 bits per heavy atom. The van der Waals surface area contributed by atoms with Crippen LogP contribution >= 0.6 is 0 Å². The topological polar surface area (TPSA) is 42.2 Å². The lowest BCUT2D eigenvalue weighted by molar-refractivity contribution is 0.229. The Hall–Kier alpha value is -1.34. The molecule has 0 saturated carbocycles. The van der Waals surface area contributed by atoms with Crippen molar-refractivity contribution in [1.82, 2.24) is 15.0 Å². The number of rotatable bonds is 4. The first-order valence-electron chi connectivity index (χ1n) is 5.03. The third-order valence-corrected chi connectivity index (χ3v) is 2.33. The van der Waals surface area contributed by atoms with Gasteiger partial charge in [-0.2, -0.15) is 4.98 Å². The molecule has 0 radical (unpaired) electrons. The quantitative estimate of drug-likeness (QED) is 0.706. The van der Waals surface area contributed by atoms with E-state index in [0.29, 0.717) is 12.4 Å². The normalized spacial score (nSPS) is 13.1. The smallest absolute Gasteiger partial charge is 0.243 e. The van der Waals surface area contributed by atoms with Crippen molar-refractivity contribution in [2.24, 2.45) is 0 Å². The molecule has 1 aromatic rings. The molecular formula is C11H17N3O. The lowest BCUT2D eigenvalue weighted by Gasteiger charge is -2.18. The molecule has 1 heterocycles. The molecule has 4 nitrogen and oxygen atoms in total. The van der Waals surface area contributed by atoms with Crippen LogP contribution in [-0.2, 0) is 0 Å². The maximum atomic E-state index is 5.24. The molecule has 1 rings (SSSR count). The summed E-state index contributed by atoms with van der Waals surface area (Å²) in [6.45, 7) is 6.63. The van der Waals surface area contributed by atoms with Gasteiger partial charge in [-0.05, 0) is 14.0 Å². The van der Waals surface area contributed by atoms with Crippen LogP contribution in [0.3, 0.4) is 0 Å². The van der Waals surface area contributed by atoms with Crippen LogP contribution in [0.15, 0.2) is 4.52 Å². The summed E-state index contributed by atoms with van der Waals surface area (Å²) in [5.74, 6) is 4.23. The van der Waals surface area contributed by atoms with Gasteiger partial charge in [-0.25, -0.2) is 0 Å². The van der Waals surface area contributed by atoms with Crippen LogP contribution in [-0.4, -0.2) is 28.6 Å². The number of aromatic nitrogens is 2. The number of nitrogens with zero attached hydrogens (tertiary/aromatic N) is 3. The molecule has 0 aliphatic carbocycles. The summed E-state index contributed by atoms with van der Waals surface area (Å²) >= 11 is 0. The molecule has 0 saturated heterocycles. The molecular weight excluding hydrogens is 190 g/mol. The highest BCUT2D eigenvalue weighted by Gasteiger charge is 2.18. The highest BCUT2D eigenvalue weighted by atomic mass is 16.5. The van der Waals surface area contributed by atoms with Gasteiger partial charge >= 0.3 is 0 Å². The molecule has 0 amide bonds. The molecule has 0 bridgehead atoms. The van der Waals surface area contributed by atoms with Crippen LogP contribution in [0.2, 0.25) is 0 Å². The van der Waals surface area contributed by atoms with Crippen LogP contribution in [0, 0.1) is 12.3 Å². The fourth-order valence-electron chi connectivity index (χ4n) is 1.12. The largest absolute Gasteiger partial charge is 0.338 e. The van der Waals surface area contributed by atoms with Crippen LogP contribution in [0.25, 0.3) is 0 Å². The van der Waals surface area contributed by atoms with E-state index < -0.39 is 0 Å². The SMILES string of the molecule is C#CCN(C)[C@@H](C)c1nc(C(C)C)no1. The second-order valence-electron chi connectivity index (χ2n) is 3.94. The molecule has 0 aliphatic heterocycles. The Balaban J connectivity index is 2.74. The first-order valence-corrected chi connectivity index (χ1v) is 5.03. The fourth-order valence-corrected chi connectivity index (χ4v) is 1.12. The Kier molecular flexibility index (Phi) is 3.87. The molecule has 0 fully saturated rings. The molecule has 15 heavy (non-hydrogen) atoms. The van der Waals surface area contributed by atoms with Crippen LogP contribution in [0.1, 0.15) is 44.4 Å². The van der Waals surface area contributed by atoms with Crippen molar-refractivity contribution >= 4 is 0 Å². The third-order valence-electron chi connectivity index (χ3n) is 2.33. The molecule has 0 aromatic carbocycles. The average molecular weight is 207 g/mol. The van der Waals surface area contributed by atoms with Crippen molar-refractivity contribution in [3.63, 3.8) is 0 Å². The van der Waals surface area contributed by atoms with Gasteiger partial charge in [0.05, 0.1) is 12.6 Å². The van der Waals surface area contributed by atoms with E-state index in [1.165, 1.54) is 0 Å². The minimum atomic E-state index is 0.0565. The zero-order valence-corrected chi connectivity index (χ0v) is 9.69. The summed E-state index contributed by atoms with van der Waals surface area (Å²) in [4.78, 5) is 6.31. The predicted molar refractivity (Wildman–Crippen MR) is 58.3 cm³/mol. The van der Waals surface area contributed by atoms with Crippen LogP contribution in [0.5, 0.6) is 0 Å². The standard InChI is InChI=1S/C11H17N3O/c1-6-7-14(5)9(4)11-12-10(8(2)3)13-15-11/h1,8-9H,7H2,2-5H3/t9-/m0/s1. The zero-order chi connectivity index (χ0) is 11.4. The molecule has 0 N–H and O–H groups in total. The Morgan fingerprint density at radius 2 is 2.13 bits per heavy atom. The maximum Gasteiger partial charge on any atom is 0.243 e. The summed E-state index contributed by atoms with van der Waals surface area (Å²) in [6.07, 6.45) is 5.24. The van der Waals surface area contributed by atoms with Crippen molar-refractivity contribution < 1.29 is 4.52 Å². The van der Waals surface area contributed by atoms with Gasteiger partial charge in [0.1, 0.15) is 0 Å². The van der Waals surface area contributed by atoms with Crippen LogP contribution in [0.4, 0.5) is 0 Å². The van der Waals surface area contributed by atoms with E-state index in [1.807, 2.05) is 32.7 Å². The van der Waals surface area contributed by atoms with E-state index in [1.54, 1.807) is 0 Å². The third kappa shape index (κ3) is 2.80. The lowest BCUT2D eigenvalue weighted by Crippen LogP contribution is -2.22. The average Bonchev–Trinajstić information content (AvgIpc) is 2.65. The van der Waals surface area contributed by atoms with E-state index in [2.05, 4.69) is 16.1 Å². The van der Waals surface area contributed by atoms with Crippen molar-refractivity contribution in [2.45, 2.75) is 32.7 Å². The van der Waals surface area contributed by atoms with Crippen molar-refractivity contribution in [2.75, 3.05) is 13.6 Å². The van der Waals surface area contributed by atoms with E-state index >= 15 is 0 Å². The summed E-state index contributed by atoms with van der Waals surface area (Å²) in [7, 11) is 1.93. The zero-order valence-electron chi connectivity index (χ0n) is 9.69. The van der Waals surface area contributed by atoms with Crippen LogP contribution < -0.4 is 0 Å². The van der Waals surface area contributed by atoms with Gasteiger partial charge in [-0.3, -0.25) is 4.90 Å². The molecule has 0 aliphatic rings. The first kappa shape index (κ1) is 11.7. The summed E-state index contributed by atoms with van der Waals surface area (Å²) in [5, 5.41) is 3.91. The monoisotopic (exact) mass is 207 g/mol. The predicted octanol–water partition coefficient (Wildman–Crippen LogP) is 1.82. The second kappa shape index (κ2) is 4.94. The minimum Gasteiger partial charge on any atom is -0.338 e. The van der Waals surface area contributed by atoms with Crippen molar-refractivity contribution in [1.29, 1.82) is 0 Å². The lowest BCUT2D eigenvalue weighted by atomic mass is 10.2. The molecule has 1 aromatic heterocycles. The van der Waals surface area contributed by atoms with Gasteiger partial charge < -0.3 is 4.52 Å². The second-order valence-corrected chi connectivity index (χ2v) is 3.94. The minimum absolute atomic E-state index is 0.0565. The maximum absolute atomic E-state index is 5.24. The summed E-state index contributed by atoms with van der Waals surface area (Å²) in [6, 6.07) is 0.0565. The Bertz CT molecular complexity index is 351. The van der Waals surface area contributed by atoms with E-state index in [-0.39, 0.29) is 12.0 Å². The van der Waals surface area contributed by atoms with Gasteiger partial charge in [0.15, 0.2) is 5.82 Å². The first-order chi connectivity index (χ1) is 7.06. The van der Waals surface area contributed by atoms with E-state index in [0.717, 1.165) is 5.82 Å². The molecule has 82 valence electrons. The van der Waals surface area contributed by atoms with E-state index in [9.17, 15) is 0 Å². The fraction of sp³-hybridized carbons (Fsp3) is 0.636. The highest BCUT2D eigenvalue weighted by Crippen LogP contribution is 2.18. The molecule has 1 atom stereocenters. The Morgan fingerprint density at radius 1 is 1.47 bits per heavy atom. The van der Waals surface area contributed by atoms with E-state index in [4.69, 9.17) is 10.9 Å². The highest BCUT2D eigenvalue weighted by molar-refractivity contribution is 4.97. The number of hydrogen-bond donors (Lipinski definition) is 0. The van der Waals surface area contributed by atoms with Crippen molar-refractivity contribution in [3.05, 3.63) is 11.7 Å². The molecule has 0 unspecified atom stereocenters. The van der Waals surface area contributed by atoms with Gasteiger partial charge in [0, 0.05) is 5.92 Å². The molecule has 4 heteroatoms. The summed E-state index contributed by atoms with van der Waals surface area (Å²) in [5.41, 5.74) is 0. The van der Waals surface area contributed by atoms with Gasteiger partial charge in [0.25, 0.3) is 0 Å². The number of hydrogen-bond acceptors (Lipinski definition) is 4. The van der Waals surface area contributed by atoms with Gasteiger partial charge in [-0.1, -0.05) is 24.9 Å². The molecule has 0 spiro atoms. The van der Waals surface area contributed by atoms with Gasteiger partial charge in [0.2, 0.25) is 5.89 Å². The van der Waals surface area contributed by atoms with Crippen molar-refractivity contribution in [3.8, 4) is 12.3 Å².